The molecule has 1 aromatic heterocycles. The highest BCUT2D eigenvalue weighted by Crippen LogP contribution is 2.38. The van der Waals surface area contributed by atoms with Crippen LogP contribution in [0.2, 0.25) is 0 Å². The Balaban J connectivity index is 1.94. The van der Waals surface area contributed by atoms with Crippen LogP contribution in [0.3, 0.4) is 0 Å². The van der Waals surface area contributed by atoms with E-state index in [4.69, 9.17) is 0 Å². The van der Waals surface area contributed by atoms with Crippen LogP contribution in [0.25, 0.3) is 0 Å². The first-order valence-corrected chi connectivity index (χ1v) is 10.9. The highest BCUT2D eigenvalue weighted by molar-refractivity contribution is 7.90. The highest BCUT2D eigenvalue weighted by Gasteiger charge is 2.33. The molecule has 0 bridgehead atoms. The maximum atomic E-state index is 11.3. The van der Waals surface area contributed by atoms with Gasteiger partial charge in [0, 0.05) is 24.2 Å². The number of sulfone groups is 1. The van der Waals surface area contributed by atoms with E-state index >= 15 is 0 Å². The SMILES string of the molecule is CC(C)(C)[C@@H]1CCCC[C@H]1NCc1csc(CS(C)(=O)=O)n1. The van der Waals surface area contributed by atoms with Crippen LogP contribution in [0.15, 0.2) is 5.38 Å². The van der Waals surface area contributed by atoms with Gasteiger partial charge in [-0.05, 0) is 24.2 Å². The van der Waals surface area contributed by atoms with Crippen molar-refractivity contribution < 1.29 is 8.42 Å². The summed E-state index contributed by atoms with van der Waals surface area (Å²) in [7, 11) is -3.00. The molecule has 1 fully saturated rings. The van der Waals surface area contributed by atoms with Crippen molar-refractivity contribution in [2.75, 3.05) is 6.26 Å². The number of hydrogen-bond donors (Lipinski definition) is 1. The molecule has 6 heteroatoms. The van der Waals surface area contributed by atoms with Crippen LogP contribution in [0.5, 0.6) is 0 Å². The van der Waals surface area contributed by atoms with Gasteiger partial charge in [-0.3, -0.25) is 0 Å². The van der Waals surface area contributed by atoms with E-state index in [1.807, 2.05) is 5.38 Å². The van der Waals surface area contributed by atoms with Crippen molar-refractivity contribution in [1.82, 2.24) is 10.3 Å². The van der Waals surface area contributed by atoms with E-state index in [-0.39, 0.29) is 5.75 Å². The fourth-order valence-corrected chi connectivity index (χ4v) is 5.37. The molecule has 0 spiro atoms. The summed E-state index contributed by atoms with van der Waals surface area (Å²) in [6.45, 7) is 7.71. The fraction of sp³-hybridized carbons (Fsp3) is 0.812. The summed E-state index contributed by atoms with van der Waals surface area (Å²) in [6, 6.07) is 0.536. The Labute approximate surface area is 138 Å². The molecule has 0 unspecified atom stereocenters. The lowest BCUT2D eigenvalue weighted by Crippen LogP contribution is -2.43. The van der Waals surface area contributed by atoms with Crippen LogP contribution in [-0.4, -0.2) is 25.7 Å². The summed E-state index contributed by atoms with van der Waals surface area (Å²) >= 11 is 1.44. The Morgan fingerprint density at radius 1 is 1.32 bits per heavy atom. The minimum Gasteiger partial charge on any atom is -0.308 e. The molecule has 22 heavy (non-hydrogen) atoms. The normalized spacial score (nSPS) is 23.6. The molecule has 0 aliphatic heterocycles. The second kappa shape index (κ2) is 6.97. The number of aromatic nitrogens is 1. The molecule has 0 aromatic carbocycles. The van der Waals surface area contributed by atoms with Crippen molar-refractivity contribution in [1.29, 1.82) is 0 Å². The molecule has 126 valence electrons. The average molecular weight is 345 g/mol. The molecule has 1 aliphatic carbocycles. The topological polar surface area (TPSA) is 59.1 Å². The predicted octanol–water partition coefficient (Wildman–Crippen LogP) is 3.38. The summed E-state index contributed by atoms with van der Waals surface area (Å²) in [5.41, 5.74) is 1.28. The molecular formula is C16H28N2O2S2. The van der Waals surface area contributed by atoms with Crippen LogP contribution in [0.4, 0.5) is 0 Å². The van der Waals surface area contributed by atoms with Gasteiger partial charge < -0.3 is 5.32 Å². The zero-order chi connectivity index (χ0) is 16.4. The Hall–Kier alpha value is -0.460. The van der Waals surface area contributed by atoms with Gasteiger partial charge >= 0.3 is 0 Å². The van der Waals surface area contributed by atoms with Crippen molar-refractivity contribution in [3.05, 3.63) is 16.1 Å². The van der Waals surface area contributed by atoms with Crippen molar-refractivity contribution in [2.45, 2.75) is 64.8 Å². The zero-order valence-corrected chi connectivity index (χ0v) is 15.7. The molecular weight excluding hydrogens is 316 g/mol. The average Bonchev–Trinajstić information content (AvgIpc) is 2.81. The molecule has 1 N–H and O–H groups in total. The van der Waals surface area contributed by atoms with Gasteiger partial charge in [-0.2, -0.15) is 0 Å². The molecule has 1 aliphatic rings. The van der Waals surface area contributed by atoms with E-state index in [1.54, 1.807) is 0 Å². The zero-order valence-electron chi connectivity index (χ0n) is 14.1. The second-order valence-corrected chi connectivity index (χ2v) is 10.6. The summed E-state index contributed by atoms with van der Waals surface area (Å²) < 4.78 is 22.6. The van der Waals surface area contributed by atoms with Gasteiger partial charge in [-0.25, -0.2) is 13.4 Å². The molecule has 0 amide bonds. The molecule has 0 radical (unpaired) electrons. The lowest BCUT2D eigenvalue weighted by Gasteiger charge is -2.41. The van der Waals surface area contributed by atoms with Crippen molar-refractivity contribution in [3.8, 4) is 0 Å². The molecule has 4 nitrogen and oxygen atoms in total. The smallest absolute Gasteiger partial charge is 0.153 e. The fourth-order valence-electron chi connectivity index (χ4n) is 3.37. The van der Waals surface area contributed by atoms with Gasteiger partial charge in [0.25, 0.3) is 0 Å². The first kappa shape index (κ1) is 17.9. The van der Waals surface area contributed by atoms with Crippen LogP contribution in [0.1, 0.15) is 57.2 Å². The van der Waals surface area contributed by atoms with Crippen LogP contribution in [0, 0.1) is 11.3 Å². The minimum absolute atomic E-state index is 0.0473. The van der Waals surface area contributed by atoms with Crippen molar-refractivity contribution >= 4 is 21.2 Å². The monoisotopic (exact) mass is 344 g/mol. The number of nitrogens with one attached hydrogen (secondary N) is 1. The Bertz CT molecular complexity index is 588. The molecule has 1 heterocycles. The first-order valence-electron chi connectivity index (χ1n) is 7.99. The maximum Gasteiger partial charge on any atom is 0.153 e. The number of hydrogen-bond acceptors (Lipinski definition) is 5. The summed E-state index contributed by atoms with van der Waals surface area (Å²) in [5, 5.41) is 6.33. The van der Waals surface area contributed by atoms with Gasteiger partial charge in [0.1, 0.15) is 10.8 Å². The highest BCUT2D eigenvalue weighted by atomic mass is 32.2. The van der Waals surface area contributed by atoms with Crippen LogP contribution < -0.4 is 5.32 Å². The third kappa shape index (κ3) is 5.32. The van der Waals surface area contributed by atoms with Crippen LogP contribution >= 0.6 is 11.3 Å². The standard InChI is InChI=1S/C16H28N2O2S2/c1-16(2,3)13-7-5-6-8-14(13)17-9-12-10-21-15(18-12)11-22(4,19)20/h10,13-14,17H,5-9,11H2,1-4H3/t13-,14-/m1/s1. The van der Waals surface area contributed by atoms with Gasteiger partial charge in [0.15, 0.2) is 9.84 Å². The third-order valence-corrected chi connectivity index (χ3v) is 6.29. The Kier molecular flexibility index (Phi) is 5.67. The molecule has 0 saturated heterocycles. The van der Waals surface area contributed by atoms with Crippen molar-refractivity contribution in [2.24, 2.45) is 11.3 Å². The quantitative estimate of drug-likeness (QED) is 0.889. The second-order valence-electron chi connectivity index (χ2n) is 7.55. The van der Waals surface area contributed by atoms with E-state index in [9.17, 15) is 8.42 Å². The largest absolute Gasteiger partial charge is 0.308 e. The van der Waals surface area contributed by atoms with E-state index in [1.165, 1.54) is 43.3 Å². The van der Waals surface area contributed by atoms with Crippen LogP contribution in [-0.2, 0) is 22.1 Å². The van der Waals surface area contributed by atoms with E-state index in [0.29, 0.717) is 22.4 Å². The lowest BCUT2D eigenvalue weighted by atomic mass is 9.69. The number of thiazole rings is 1. The minimum atomic E-state index is -3.00. The molecule has 1 saturated carbocycles. The third-order valence-electron chi connectivity index (χ3n) is 4.41. The number of nitrogens with zero attached hydrogens (tertiary/aromatic N) is 1. The van der Waals surface area contributed by atoms with Gasteiger partial charge in [-0.15, -0.1) is 11.3 Å². The molecule has 1 aromatic rings. The van der Waals surface area contributed by atoms with Gasteiger partial charge in [0.2, 0.25) is 0 Å². The predicted molar refractivity (Wildman–Crippen MR) is 92.7 cm³/mol. The Morgan fingerprint density at radius 2 is 2.00 bits per heavy atom. The molecule has 2 rings (SSSR count). The summed E-state index contributed by atoms with van der Waals surface area (Å²) in [4.78, 5) is 4.44. The van der Waals surface area contributed by atoms with E-state index < -0.39 is 9.84 Å². The molecule has 2 atom stereocenters. The van der Waals surface area contributed by atoms with Gasteiger partial charge in [-0.1, -0.05) is 33.6 Å². The summed E-state index contributed by atoms with van der Waals surface area (Å²) in [5.74, 6) is 0.737. The first-order chi connectivity index (χ1) is 10.1. The van der Waals surface area contributed by atoms with E-state index in [0.717, 1.165) is 12.2 Å². The Morgan fingerprint density at radius 3 is 2.64 bits per heavy atom. The maximum absolute atomic E-state index is 11.3. The summed E-state index contributed by atoms with van der Waals surface area (Å²) in [6.07, 6.45) is 6.39. The van der Waals surface area contributed by atoms with E-state index in [2.05, 4.69) is 31.1 Å². The van der Waals surface area contributed by atoms with Crippen molar-refractivity contribution in [3.63, 3.8) is 0 Å². The number of rotatable bonds is 5. The lowest BCUT2D eigenvalue weighted by molar-refractivity contribution is 0.130. The van der Waals surface area contributed by atoms with Gasteiger partial charge in [0.05, 0.1) is 5.69 Å².